The molecule has 1 aliphatic heterocycles. The van der Waals surface area contributed by atoms with E-state index in [9.17, 15) is 13.2 Å². The molecule has 1 fully saturated rings. The van der Waals surface area contributed by atoms with Crippen LogP contribution in [0.15, 0.2) is 47.4 Å². The van der Waals surface area contributed by atoms with Gasteiger partial charge in [-0.25, -0.2) is 0 Å². The van der Waals surface area contributed by atoms with Gasteiger partial charge in [-0.1, -0.05) is 46.3 Å². The minimum atomic E-state index is -4.00. The Morgan fingerprint density at radius 2 is 1.90 bits per heavy atom. The zero-order chi connectivity index (χ0) is 15.0. The fourth-order valence-corrected chi connectivity index (χ4v) is 3.66. The summed E-state index contributed by atoms with van der Waals surface area (Å²) < 4.78 is 29.5. The van der Waals surface area contributed by atoms with Gasteiger partial charge in [-0.05, 0) is 22.9 Å². The number of rotatable bonds is 4. The number of alkyl halides is 1. The average Bonchev–Trinajstić information content (AvgIpc) is 2.50. The topological polar surface area (TPSA) is 63.7 Å². The lowest BCUT2D eigenvalue weighted by Gasteiger charge is -2.36. The number of hydrogen-bond donors (Lipinski definition) is 0. The minimum Gasteiger partial charge on any atom is -0.272 e. The van der Waals surface area contributed by atoms with Crippen LogP contribution in [0.5, 0.6) is 0 Å². The predicted octanol–water partition coefficient (Wildman–Crippen LogP) is 2.46. The Morgan fingerprint density at radius 3 is 2.57 bits per heavy atom. The number of halogens is 1. The Hall–Kier alpha value is -1.44. The Kier molecular flexibility index (Phi) is 3.73. The number of nitrogens with zero attached hydrogens (tertiary/aromatic N) is 1. The van der Waals surface area contributed by atoms with Crippen LogP contribution in [0.4, 0.5) is 0 Å². The van der Waals surface area contributed by atoms with Crippen LogP contribution >= 0.6 is 15.9 Å². The van der Waals surface area contributed by atoms with Crippen molar-refractivity contribution in [3.8, 4) is 0 Å². The van der Waals surface area contributed by atoms with Gasteiger partial charge < -0.3 is 0 Å². The highest BCUT2D eigenvalue weighted by molar-refractivity contribution is 9.09. The number of carbonyl (C=O) groups excluding carboxylic acids is 1. The summed E-state index contributed by atoms with van der Waals surface area (Å²) in [7, 11) is -4.00. The van der Waals surface area contributed by atoms with E-state index >= 15 is 0 Å². The lowest BCUT2D eigenvalue weighted by Crippen LogP contribution is -2.53. The van der Waals surface area contributed by atoms with E-state index in [4.69, 9.17) is 4.28 Å². The van der Waals surface area contributed by atoms with E-state index in [0.29, 0.717) is 11.8 Å². The summed E-state index contributed by atoms with van der Waals surface area (Å²) in [6.45, 7) is 0. The van der Waals surface area contributed by atoms with Crippen LogP contribution in [0.3, 0.4) is 0 Å². The third-order valence-electron chi connectivity index (χ3n) is 3.35. The highest BCUT2D eigenvalue weighted by Crippen LogP contribution is 2.26. The Morgan fingerprint density at radius 1 is 1.19 bits per heavy atom. The number of hydrogen-bond acceptors (Lipinski definition) is 4. The summed E-state index contributed by atoms with van der Waals surface area (Å²) >= 11 is 3.22. The number of benzene rings is 2. The first-order valence-electron chi connectivity index (χ1n) is 6.33. The van der Waals surface area contributed by atoms with Crippen LogP contribution < -0.4 is 0 Å². The van der Waals surface area contributed by atoms with Crippen molar-refractivity contribution in [3.63, 3.8) is 0 Å². The molecule has 0 bridgehead atoms. The van der Waals surface area contributed by atoms with Crippen LogP contribution in [-0.2, 0) is 19.2 Å². The van der Waals surface area contributed by atoms with E-state index in [1.165, 1.54) is 12.1 Å². The number of fused-ring (bicyclic) bond motifs is 1. The highest BCUT2D eigenvalue weighted by Gasteiger charge is 2.40. The van der Waals surface area contributed by atoms with Crippen LogP contribution in [0, 0.1) is 0 Å². The molecule has 1 unspecified atom stereocenters. The van der Waals surface area contributed by atoms with E-state index < -0.39 is 10.1 Å². The first-order valence-corrected chi connectivity index (χ1v) is 8.86. The molecule has 3 rings (SSSR count). The summed E-state index contributed by atoms with van der Waals surface area (Å²) in [4.78, 5) is 11.5. The first-order chi connectivity index (χ1) is 10.0. The van der Waals surface area contributed by atoms with Crippen LogP contribution in [-0.4, -0.2) is 30.8 Å². The van der Waals surface area contributed by atoms with E-state index in [1.54, 1.807) is 6.07 Å². The van der Waals surface area contributed by atoms with Crippen molar-refractivity contribution in [2.24, 2.45) is 0 Å². The van der Waals surface area contributed by atoms with Gasteiger partial charge in [0.2, 0.25) is 5.91 Å². The summed E-state index contributed by atoms with van der Waals surface area (Å²) in [5.74, 6) is -0.330. The molecule has 0 aliphatic carbocycles. The quantitative estimate of drug-likeness (QED) is 0.613. The number of carbonyl (C=O) groups is 1. The molecule has 0 N–H and O–H groups in total. The summed E-state index contributed by atoms with van der Waals surface area (Å²) in [6.07, 6.45) is 0.290. The van der Waals surface area contributed by atoms with Crippen molar-refractivity contribution in [1.82, 2.24) is 5.06 Å². The van der Waals surface area contributed by atoms with Gasteiger partial charge in [0.1, 0.15) is 0 Å². The van der Waals surface area contributed by atoms with Gasteiger partial charge in [-0.3, -0.25) is 4.79 Å². The van der Waals surface area contributed by atoms with Crippen molar-refractivity contribution in [3.05, 3.63) is 42.5 Å². The van der Waals surface area contributed by atoms with Gasteiger partial charge >= 0.3 is 10.1 Å². The second kappa shape index (κ2) is 5.40. The zero-order valence-electron chi connectivity index (χ0n) is 10.9. The fraction of sp³-hybridized carbons (Fsp3) is 0.214. The molecule has 1 heterocycles. The van der Waals surface area contributed by atoms with Gasteiger partial charge in [-0.15, -0.1) is 4.28 Å². The van der Waals surface area contributed by atoms with Gasteiger partial charge in [0.05, 0.1) is 17.4 Å². The van der Waals surface area contributed by atoms with Gasteiger partial charge in [0.15, 0.2) is 0 Å². The second-order valence-electron chi connectivity index (χ2n) is 4.77. The summed E-state index contributed by atoms with van der Waals surface area (Å²) in [5, 5.41) is 3.13. The molecule has 7 heteroatoms. The molecule has 2 aromatic carbocycles. The summed E-state index contributed by atoms with van der Waals surface area (Å²) in [6, 6.07) is 11.9. The maximum atomic E-state index is 12.3. The number of β-lactam (4-membered cyclic amide) rings is 1. The van der Waals surface area contributed by atoms with Crippen LogP contribution in [0.1, 0.15) is 6.42 Å². The maximum absolute atomic E-state index is 12.3. The molecule has 0 radical (unpaired) electrons. The molecule has 2 aromatic rings. The first kappa shape index (κ1) is 14.5. The molecule has 1 amide bonds. The molecule has 0 spiro atoms. The third kappa shape index (κ3) is 2.68. The lowest BCUT2D eigenvalue weighted by atomic mass is 10.1. The van der Waals surface area contributed by atoms with E-state index in [0.717, 1.165) is 15.8 Å². The molecule has 1 aliphatic rings. The lowest BCUT2D eigenvalue weighted by molar-refractivity contribution is -0.185. The number of amides is 1. The molecule has 0 saturated carbocycles. The molecular formula is C14H12BrNO4S. The summed E-state index contributed by atoms with van der Waals surface area (Å²) in [5.41, 5.74) is 0. The largest absolute Gasteiger partial charge is 0.317 e. The van der Waals surface area contributed by atoms with Gasteiger partial charge in [0.25, 0.3) is 0 Å². The van der Waals surface area contributed by atoms with Crippen molar-refractivity contribution >= 4 is 42.7 Å². The van der Waals surface area contributed by atoms with E-state index in [-0.39, 0.29) is 16.8 Å². The van der Waals surface area contributed by atoms with E-state index in [1.807, 2.05) is 24.3 Å². The van der Waals surface area contributed by atoms with Crippen LogP contribution in [0.2, 0.25) is 0 Å². The average molecular weight is 370 g/mol. The Labute approximate surface area is 130 Å². The smallest absolute Gasteiger partial charge is 0.272 e. The molecule has 21 heavy (non-hydrogen) atoms. The van der Waals surface area contributed by atoms with Crippen molar-refractivity contribution in [2.45, 2.75) is 17.4 Å². The molecular weight excluding hydrogens is 358 g/mol. The molecule has 5 nitrogen and oxygen atoms in total. The predicted molar refractivity (Wildman–Crippen MR) is 81.3 cm³/mol. The fourth-order valence-electron chi connectivity index (χ4n) is 2.16. The highest BCUT2D eigenvalue weighted by atomic mass is 79.9. The van der Waals surface area contributed by atoms with Gasteiger partial charge in [-0.2, -0.15) is 13.5 Å². The minimum absolute atomic E-state index is 0.0363. The Bertz CT molecular complexity index is 805. The van der Waals surface area contributed by atoms with Crippen LogP contribution in [0.25, 0.3) is 10.8 Å². The second-order valence-corrected chi connectivity index (χ2v) is 6.95. The molecule has 1 atom stereocenters. The van der Waals surface area contributed by atoms with E-state index in [2.05, 4.69) is 15.9 Å². The van der Waals surface area contributed by atoms with Crippen molar-refractivity contribution in [2.75, 3.05) is 5.33 Å². The Balaban J connectivity index is 1.91. The molecule has 110 valence electrons. The maximum Gasteiger partial charge on any atom is 0.317 e. The third-order valence-corrected chi connectivity index (χ3v) is 5.29. The normalized spacial score (nSPS) is 18.8. The molecule has 1 saturated heterocycles. The SMILES string of the molecule is O=C1CC(CBr)N1OS(=O)(=O)c1ccc2ccccc2c1. The standard InChI is InChI=1S/C14H12BrNO4S/c15-9-12-8-14(17)16(12)20-21(18,19)13-6-5-10-3-1-2-4-11(10)7-13/h1-7,12H,8-9H2. The van der Waals surface area contributed by atoms with Crippen molar-refractivity contribution < 1.29 is 17.5 Å². The van der Waals surface area contributed by atoms with Gasteiger partial charge in [0, 0.05) is 5.33 Å². The van der Waals surface area contributed by atoms with Crippen molar-refractivity contribution in [1.29, 1.82) is 0 Å². The molecule has 0 aromatic heterocycles. The zero-order valence-corrected chi connectivity index (χ0v) is 13.3. The monoisotopic (exact) mass is 369 g/mol. The number of hydroxylamine groups is 2.